The molecule has 1 N–H and O–H groups in total. The third-order valence-corrected chi connectivity index (χ3v) is 5.87. The zero-order chi connectivity index (χ0) is 12.5. The molecule has 1 aliphatic rings. The molecule has 4 nitrogen and oxygen atoms in total. The summed E-state index contributed by atoms with van der Waals surface area (Å²) in [6.07, 6.45) is -0.271. The van der Waals surface area contributed by atoms with Crippen molar-refractivity contribution in [3.8, 4) is 5.75 Å². The molecule has 1 heterocycles. The van der Waals surface area contributed by atoms with Gasteiger partial charge in [-0.15, -0.1) is 11.8 Å². The van der Waals surface area contributed by atoms with Gasteiger partial charge in [-0.25, -0.2) is 8.42 Å². The largest absolute Gasteiger partial charge is 0.508 e. The number of aromatic hydroxyl groups is 1. The number of ether oxygens (including phenoxy) is 1. The Morgan fingerprint density at radius 1 is 1.41 bits per heavy atom. The lowest BCUT2D eigenvalue weighted by Gasteiger charge is -2.15. The van der Waals surface area contributed by atoms with Gasteiger partial charge in [-0.2, -0.15) is 0 Å². The van der Waals surface area contributed by atoms with Gasteiger partial charge in [-0.3, -0.25) is 0 Å². The van der Waals surface area contributed by atoms with Crippen molar-refractivity contribution in [2.24, 2.45) is 0 Å². The van der Waals surface area contributed by atoms with Crippen molar-refractivity contribution in [3.63, 3.8) is 0 Å². The first kappa shape index (κ1) is 12.7. The Hall–Kier alpha value is -0.720. The van der Waals surface area contributed by atoms with Crippen LogP contribution in [0.5, 0.6) is 5.75 Å². The van der Waals surface area contributed by atoms with Gasteiger partial charge in [-0.05, 0) is 18.2 Å². The van der Waals surface area contributed by atoms with Crippen LogP contribution in [0.1, 0.15) is 0 Å². The van der Waals surface area contributed by atoms with Crippen molar-refractivity contribution >= 4 is 21.6 Å². The highest BCUT2D eigenvalue weighted by Crippen LogP contribution is 2.33. The summed E-state index contributed by atoms with van der Waals surface area (Å²) in [5.74, 6) is 0.399. The molecule has 1 aromatic carbocycles. The molecule has 0 radical (unpaired) electrons. The summed E-state index contributed by atoms with van der Waals surface area (Å²) in [5.41, 5.74) is 0. The van der Waals surface area contributed by atoms with Crippen molar-refractivity contribution in [2.75, 3.05) is 18.6 Å². The Kier molecular flexibility index (Phi) is 3.65. The summed E-state index contributed by atoms with van der Waals surface area (Å²) in [6.45, 7) is 0. The van der Waals surface area contributed by atoms with Crippen molar-refractivity contribution in [3.05, 3.63) is 24.3 Å². The number of phenolic OH excluding ortho intramolecular Hbond substituents is 1. The fourth-order valence-electron chi connectivity index (χ4n) is 1.84. The van der Waals surface area contributed by atoms with Crippen LogP contribution in [0, 0.1) is 0 Å². The van der Waals surface area contributed by atoms with E-state index in [2.05, 4.69) is 0 Å². The minimum atomic E-state index is -3.00. The van der Waals surface area contributed by atoms with Gasteiger partial charge in [0.2, 0.25) is 0 Å². The van der Waals surface area contributed by atoms with Crippen molar-refractivity contribution < 1.29 is 18.3 Å². The standard InChI is InChI=1S/C11H14O4S2/c1-15-10-6-17(13,14)7-11(10)16-9-4-2-3-8(12)5-9/h2-5,10-12H,6-7H2,1H3/t10-,11-/m1/s1. The quantitative estimate of drug-likeness (QED) is 0.900. The molecule has 0 spiro atoms. The molecule has 6 heteroatoms. The van der Waals surface area contributed by atoms with Gasteiger partial charge in [0.15, 0.2) is 9.84 Å². The molecule has 0 bridgehead atoms. The third-order valence-electron chi connectivity index (χ3n) is 2.66. The Bertz CT molecular complexity index is 498. The number of benzene rings is 1. The second kappa shape index (κ2) is 4.88. The molecule has 0 unspecified atom stereocenters. The van der Waals surface area contributed by atoms with E-state index in [9.17, 15) is 13.5 Å². The Balaban J connectivity index is 2.13. The second-order valence-corrected chi connectivity index (χ2v) is 7.47. The summed E-state index contributed by atoms with van der Waals surface area (Å²) in [4.78, 5) is 0.856. The molecule has 1 aliphatic heterocycles. The molecule has 0 aromatic heterocycles. The predicted molar refractivity (Wildman–Crippen MR) is 67.2 cm³/mol. The monoisotopic (exact) mass is 274 g/mol. The lowest BCUT2D eigenvalue weighted by atomic mass is 10.3. The maximum absolute atomic E-state index is 11.5. The predicted octanol–water partition coefficient (Wildman–Crippen LogP) is 1.30. The number of methoxy groups -OCH3 is 1. The first-order valence-corrected chi connectivity index (χ1v) is 7.89. The Labute approximate surface area is 105 Å². The fourth-order valence-corrected chi connectivity index (χ4v) is 5.64. The van der Waals surface area contributed by atoms with E-state index in [0.717, 1.165) is 4.90 Å². The minimum absolute atomic E-state index is 0.0833. The van der Waals surface area contributed by atoms with Crippen LogP contribution in [0.4, 0.5) is 0 Å². The maximum atomic E-state index is 11.5. The number of phenols is 1. The molecule has 2 rings (SSSR count). The van der Waals surface area contributed by atoms with Gasteiger partial charge in [0.05, 0.1) is 22.9 Å². The molecule has 1 aromatic rings. The molecule has 1 saturated heterocycles. The molecule has 17 heavy (non-hydrogen) atoms. The molecule has 0 aliphatic carbocycles. The summed E-state index contributed by atoms with van der Waals surface area (Å²) >= 11 is 1.44. The van der Waals surface area contributed by atoms with Crippen LogP contribution in [0.2, 0.25) is 0 Å². The van der Waals surface area contributed by atoms with Crippen LogP contribution in [0.25, 0.3) is 0 Å². The molecule has 0 amide bonds. The zero-order valence-electron chi connectivity index (χ0n) is 9.37. The summed E-state index contributed by atoms with van der Waals surface area (Å²) in [7, 11) is -1.47. The maximum Gasteiger partial charge on any atom is 0.154 e. The van der Waals surface area contributed by atoms with Crippen LogP contribution in [-0.2, 0) is 14.6 Å². The normalized spacial score (nSPS) is 27.1. The Morgan fingerprint density at radius 3 is 2.82 bits per heavy atom. The number of sulfone groups is 1. The minimum Gasteiger partial charge on any atom is -0.508 e. The summed E-state index contributed by atoms with van der Waals surface area (Å²) < 4.78 is 28.2. The number of thioether (sulfide) groups is 1. The fraction of sp³-hybridized carbons (Fsp3) is 0.455. The van der Waals surface area contributed by atoms with E-state index in [1.807, 2.05) is 6.07 Å². The van der Waals surface area contributed by atoms with E-state index in [4.69, 9.17) is 4.74 Å². The van der Waals surface area contributed by atoms with Gasteiger partial charge >= 0.3 is 0 Å². The van der Waals surface area contributed by atoms with Gasteiger partial charge in [0.25, 0.3) is 0 Å². The highest BCUT2D eigenvalue weighted by Gasteiger charge is 2.38. The first-order valence-electron chi connectivity index (χ1n) is 5.19. The lowest BCUT2D eigenvalue weighted by Crippen LogP contribution is -2.22. The van der Waals surface area contributed by atoms with E-state index in [1.165, 1.54) is 18.9 Å². The van der Waals surface area contributed by atoms with Crippen LogP contribution in [0.15, 0.2) is 29.2 Å². The van der Waals surface area contributed by atoms with E-state index in [1.54, 1.807) is 18.2 Å². The van der Waals surface area contributed by atoms with Crippen molar-refractivity contribution in [2.45, 2.75) is 16.2 Å². The van der Waals surface area contributed by atoms with E-state index < -0.39 is 9.84 Å². The summed E-state index contributed by atoms with van der Waals surface area (Å²) in [5, 5.41) is 9.25. The highest BCUT2D eigenvalue weighted by molar-refractivity contribution is 8.02. The number of hydrogen-bond donors (Lipinski definition) is 1. The lowest BCUT2D eigenvalue weighted by molar-refractivity contribution is 0.128. The highest BCUT2D eigenvalue weighted by atomic mass is 32.2. The first-order chi connectivity index (χ1) is 8.00. The Morgan fingerprint density at radius 2 is 2.18 bits per heavy atom. The van der Waals surface area contributed by atoms with Crippen molar-refractivity contribution in [1.82, 2.24) is 0 Å². The van der Waals surface area contributed by atoms with Gasteiger partial charge < -0.3 is 9.84 Å². The summed E-state index contributed by atoms with van der Waals surface area (Å²) in [6, 6.07) is 6.80. The third kappa shape index (κ3) is 3.14. The average molecular weight is 274 g/mol. The van der Waals surface area contributed by atoms with E-state index >= 15 is 0 Å². The molecule has 0 saturated carbocycles. The van der Waals surface area contributed by atoms with Crippen LogP contribution >= 0.6 is 11.8 Å². The number of rotatable bonds is 3. The second-order valence-electron chi connectivity index (χ2n) is 4.00. The molecule has 94 valence electrons. The van der Waals surface area contributed by atoms with E-state index in [-0.39, 0.29) is 28.6 Å². The molecular weight excluding hydrogens is 260 g/mol. The number of hydrogen-bond acceptors (Lipinski definition) is 5. The van der Waals surface area contributed by atoms with Crippen molar-refractivity contribution in [1.29, 1.82) is 0 Å². The van der Waals surface area contributed by atoms with Gasteiger partial charge in [0.1, 0.15) is 5.75 Å². The molecule has 1 fully saturated rings. The molecule has 2 atom stereocenters. The SMILES string of the molecule is CO[C@@H]1CS(=O)(=O)C[C@H]1Sc1cccc(O)c1. The van der Waals surface area contributed by atoms with Crippen LogP contribution < -0.4 is 0 Å². The van der Waals surface area contributed by atoms with Gasteiger partial charge in [0, 0.05) is 12.0 Å². The zero-order valence-corrected chi connectivity index (χ0v) is 11.0. The van der Waals surface area contributed by atoms with Crippen LogP contribution in [-0.4, -0.2) is 43.5 Å². The smallest absolute Gasteiger partial charge is 0.154 e. The molecular formula is C11H14O4S2. The van der Waals surface area contributed by atoms with E-state index in [0.29, 0.717) is 0 Å². The van der Waals surface area contributed by atoms with Crippen LogP contribution in [0.3, 0.4) is 0 Å². The topological polar surface area (TPSA) is 63.6 Å². The van der Waals surface area contributed by atoms with Gasteiger partial charge in [-0.1, -0.05) is 6.07 Å². The average Bonchev–Trinajstić information content (AvgIpc) is 2.53.